The van der Waals surface area contributed by atoms with Crippen LogP contribution in [0, 0.1) is 0 Å². The van der Waals surface area contributed by atoms with E-state index >= 15 is 0 Å². The summed E-state index contributed by atoms with van der Waals surface area (Å²) in [6.07, 6.45) is 0. The van der Waals surface area contributed by atoms with E-state index in [1.165, 1.54) is 0 Å². The van der Waals surface area contributed by atoms with Crippen molar-refractivity contribution in [3.8, 4) is 0 Å². The Kier molecular flexibility index (Phi) is 293. The molecule has 0 amide bonds. The van der Waals surface area contributed by atoms with E-state index in [-0.39, 0.29) is 86.3 Å². The molecule has 5 heteroatoms. The maximum atomic E-state index is 0. The van der Waals surface area contributed by atoms with Gasteiger partial charge in [0, 0.05) is 33.6 Å². The average Bonchev–Trinajstić information content (AvgIpc) is 0. The van der Waals surface area contributed by atoms with Crippen LogP contribution in [0.3, 0.4) is 0 Å². The average molecular weight is 348 g/mol. The van der Waals surface area contributed by atoms with Crippen molar-refractivity contribution in [3.05, 3.63) is 0 Å². The van der Waals surface area contributed by atoms with Gasteiger partial charge in [-0.2, -0.15) is 0 Å². The molecule has 0 aromatic rings. The molecule has 0 unspecified atom stereocenters. The molecule has 42 valence electrons. The summed E-state index contributed by atoms with van der Waals surface area (Å²) in [7, 11) is 0. The minimum atomic E-state index is 0. The molecule has 0 N–H and O–H groups in total. The zero-order chi connectivity index (χ0) is 0. The summed E-state index contributed by atoms with van der Waals surface area (Å²) in [5.74, 6) is 0. The third-order valence-electron chi connectivity index (χ3n) is 0. The SMILES string of the molecule is [Co].[Co].[GeH4].[GeH4].[GeH4]. The van der Waals surface area contributed by atoms with Crippen molar-refractivity contribution in [2.45, 2.75) is 0 Å². The van der Waals surface area contributed by atoms with Gasteiger partial charge >= 0.3 is 52.8 Å². The Morgan fingerprint density at radius 2 is 0.400 bits per heavy atom. The Balaban J connectivity index is 0. The Morgan fingerprint density at radius 3 is 0.400 bits per heavy atom. The molecule has 0 aliphatic rings. The van der Waals surface area contributed by atoms with Gasteiger partial charge < -0.3 is 0 Å². The van der Waals surface area contributed by atoms with Crippen molar-refractivity contribution >= 4 is 52.8 Å². The van der Waals surface area contributed by atoms with Crippen LogP contribution < -0.4 is 0 Å². The van der Waals surface area contributed by atoms with Crippen molar-refractivity contribution in [2.24, 2.45) is 0 Å². The Bertz CT molecular complexity index is 4.85. The first-order valence-corrected chi connectivity index (χ1v) is 0. The summed E-state index contributed by atoms with van der Waals surface area (Å²) < 4.78 is 0. The summed E-state index contributed by atoms with van der Waals surface area (Å²) >= 11 is 0. The molecule has 0 rings (SSSR count). The van der Waals surface area contributed by atoms with E-state index in [1.807, 2.05) is 0 Å². The van der Waals surface area contributed by atoms with E-state index < -0.39 is 0 Å². The second-order valence-electron chi connectivity index (χ2n) is 0. The van der Waals surface area contributed by atoms with Crippen molar-refractivity contribution in [1.29, 1.82) is 0 Å². The van der Waals surface area contributed by atoms with E-state index in [9.17, 15) is 0 Å². The predicted octanol–water partition coefficient (Wildman–Crippen LogP) is -4.36. The fourth-order valence-electron chi connectivity index (χ4n) is 0. The summed E-state index contributed by atoms with van der Waals surface area (Å²) in [6, 6.07) is 0. The molecule has 0 aromatic carbocycles. The van der Waals surface area contributed by atoms with Crippen LogP contribution in [-0.4, -0.2) is 52.8 Å². The summed E-state index contributed by atoms with van der Waals surface area (Å²) in [4.78, 5) is 0. The Labute approximate surface area is 85.3 Å². The molecule has 0 aliphatic carbocycles. The first-order chi connectivity index (χ1) is 0. The summed E-state index contributed by atoms with van der Waals surface area (Å²) in [5.41, 5.74) is 0. The van der Waals surface area contributed by atoms with Gasteiger partial charge in [-0.3, -0.25) is 0 Å². The van der Waals surface area contributed by atoms with Gasteiger partial charge in [-0.05, 0) is 0 Å². The molecular weight excluding hydrogens is 336 g/mol. The predicted molar refractivity (Wildman–Crippen MR) is 34.0 cm³/mol. The second kappa shape index (κ2) is 30.3. The first-order valence-electron chi connectivity index (χ1n) is 0. The topological polar surface area (TPSA) is 0 Å². The normalized spacial score (nSPS) is 0. The molecule has 0 heterocycles. The molecule has 0 nitrogen and oxygen atoms in total. The van der Waals surface area contributed by atoms with Crippen LogP contribution >= 0.6 is 0 Å². The molecule has 0 spiro atoms. The van der Waals surface area contributed by atoms with Crippen molar-refractivity contribution in [2.75, 3.05) is 0 Å². The van der Waals surface area contributed by atoms with Gasteiger partial charge in [-0.15, -0.1) is 0 Å². The van der Waals surface area contributed by atoms with Crippen molar-refractivity contribution in [1.82, 2.24) is 0 Å². The van der Waals surface area contributed by atoms with Crippen LogP contribution in [0.1, 0.15) is 0 Å². The molecule has 0 saturated heterocycles. The third kappa shape index (κ3) is 20.5. The number of hydrogen-bond acceptors (Lipinski definition) is 0. The zero-order valence-corrected chi connectivity index (χ0v) is 2.75. The molecular formula is H12Co2Ge3. The Morgan fingerprint density at radius 1 is 0.400 bits per heavy atom. The van der Waals surface area contributed by atoms with Crippen LogP contribution in [0.2, 0.25) is 0 Å². The number of hydrogen-bond donors (Lipinski definition) is 0. The van der Waals surface area contributed by atoms with Crippen LogP contribution in [0.25, 0.3) is 0 Å². The first kappa shape index (κ1) is 48.3. The van der Waals surface area contributed by atoms with Crippen LogP contribution in [-0.2, 0) is 33.6 Å². The quantitative estimate of drug-likeness (QED) is 0.389. The van der Waals surface area contributed by atoms with Gasteiger partial charge in [0.05, 0.1) is 0 Å². The van der Waals surface area contributed by atoms with Crippen LogP contribution in [0.5, 0.6) is 0 Å². The van der Waals surface area contributed by atoms with Crippen LogP contribution in [0.15, 0.2) is 0 Å². The van der Waals surface area contributed by atoms with Gasteiger partial charge in [-0.25, -0.2) is 0 Å². The van der Waals surface area contributed by atoms with Gasteiger partial charge in [0.2, 0.25) is 0 Å². The molecule has 0 saturated carbocycles. The number of rotatable bonds is 0. The molecule has 2 radical (unpaired) electrons. The van der Waals surface area contributed by atoms with Crippen molar-refractivity contribution < 1.29 is 33.6 Å². The second-order valence-corrected chi connectivity index (χ2v) is 0. The van der Waals surface area contributed by atoms with Crippen LogP contribution in [0.4, 0.5) is 0 Å². The van der Waals surface area contributed by atoms with Gasteiger partial charge in [0.25, 0.3) is 0 Å². The molecule has 0 bridgehead atoms. The van der Waals surface area contributed by atoms with Gasteiger partial charge in [0.1, 0.15) is 0 Å². The van der Waals surface area contributed by atoms with E-state index in [0.29, 0.717) is 0 Å². The van der Waals surface area contributed by atoms with Gasteiger partial charge in [-0.1, -0.05) is 0 Å². The summed E-state index contributed by atoms with van der Waals surface area (Å²) in [5, 5.41) is 0. The van der Waals surface area contributed by atoms with E-state index in [2.05, 4.69) is 0 Å². The molecule has 0 fully saturated rings. The Hall–Kier alpha value is 2.64. The standard InChI is InChI=1S/2Co.3GeH4/h;;3*1H4. The fourth-order valence-corrected chi connectivity index (χ4v) is 0. The minimum absolute atomic E-state index is 0. The fraction of sp³-hybridized carbons (Fsp3) is 0. The van der Waals surface area contributed by atoms with E-state index in [4.69, 9.17) is 0 Å². The van der Waals surface area contributed by atoms with E-state index in [1.54, 1.807) is 0 Å². The zero-order valence-electron chi connectivity index (χ0n) is 0.667. The maximum absolute atomic E-state index is 0. The monoisotopic (exact) mass is 352 g/mol. The summed E-state index contributed by atoms with van der Waals surface area (Å²) in [6.45, 7) is 0. The molecule has 0 atom stereocenters. The molecule has 0 aromatic heterocycles. The van der Waals surface area contributed by atoms with E-state index in [0.717, 1.165) is 0 Å². The van der Waals surface area contributed by atoms with Gasteiger partial charge in [0.15, 0.2) is 0 Å². The van der Waals surface area contributed by atoms with Crippen molar-refractivity contribution in [3.63, 3.8) is 0 Å². The molecule has 0 aliphatic heterocycles. The third-order valence-corrected chi connectivity index (χ3v) is 0. The molecule has 5 heavy (non-hydrogen) atoms.